The van der Waals surface area contributed by atoms with Gasteiger partial charge in [0.2, 0.25) is 0 Å². The molecule has 0 spiro atoms. The van der Waals surface area contributed by atoms with Crippen molar-refractivity contribution in [3.8, 4) is 0 Å². The molecule has 0 unspecified atom stereocenters. The van der Waals surface area contributed by atoms with E-state index in [2.05, 4.69) is 25.8 Å². The minimum atomic E-state index is -0.914. The number of hydrogen-bond acceptors (Lipinski definition) is 3. The summed E-state index contributed by atoms with van der Waals surface area (Å²) in [6.45, 7) is 13.4. The van der Waals surface area contributed by atoms with E-state index in [1.54, 1.807) is 12.1 Å². The van der Waals surface area contributed by atoms with Crippen LogP contribution in [0.25, 0.3) is 0 Å². The third kappa shape index (κ3) is 4.51. The lowest BCUT2D eigenvalue weighted by Crippen LogP contribution is -2.30. The minimum absolute atomic E-state index is 0.123. The van der Waals surface area contributed by atoms with Crippen LogP contribution in [0.3, 0.4) is 0 Å². The molecule has 0 fully saturated rings. The number of hydrogen-bond donors (Lipinski definition) is 1. The zero-order valence-corrected chi connectivity index (χ0v) is 13.6. The van der Waals surface area contributed by atoms with Gasteiger partial charge in [-0.25, -0.2) is 9.78 Å². The van der Waals surface area contributed by atoms with Crippen LogP contribution in [0.15, 0.2) is 12.1 Å². The van der Waals surface area contributed by atoms with Crippen molar-refractivity contribution in [3.05, 3.63) is 23.4 Å². The second kappa shape index (κ2) is 5.43. The van der Waals surface area contributed by atoms with E-state index in [1.807, 2.05) is 32.7 Å². The highest BCUT2D eigenvalue weighted by molar-refractivity contribution is 5.88. The maximum atomic E-state index is 11.3. The Labute approximate surface area is 121 Å². The molecule has 0 atom stereocenters. The van der Waals surface area contributed by atoms with Gasteiger partial charge in [-0.3, -0.25) is 0 Å². The summed E-state index contributed by atoms with van der Waals surface area (Å²) >= 11 is 0. The summed E-state index contributed by atoms with van der Waals surface area (Å²) in [5.74, 6) is -0.201. The van der Waals surface area contributed by atoms with E-state index < -0.39 is 5.97 Å². The fourth-order valence-electron chi connectivity index (χ4n) is 2.01. The van der Waals surface area contributed by atoms with Crippen molar-refractivity contribution in [2.75, 3.05) is 18.5 Å². The quantitative estimate of drug-likeness (QED) is 0.918. The molecule has 1 aromatic heterocycles. The van der Waals surface area contributed by atoms with Gasteiger partial charge in [0, 0.05) is 24.7 Å². The van der Waals surface area contributed by atoms with Crippen LogP contribution in [0.4, 0.5) is 5.82 Å². The zero-order chi connectivity index (χ0) is 15.7. The number of rotatable bonds is 3. The lowest BCUT2D eigenvalue weighted by molar-refractivity contribution is 0.0696. The summed E-state index contributed by atoms with van der Waals surface area (Å²) in [4.78, 5) is 17.9. The second-order valence-electron chi connectivity index (χ2n) is 7.57. The van der Waals surface area contributed by atoms with E-state index in [1.165, 1.54) is 0 Å². The summed E-state index contributed by atoms with van der Waals surface area (Å²) in [6.07, 6.45) is 0. The van der Waals surface area contributed by atoms with Crippen LogP contribution in [0.2, 0.25) is 0 Å². The molecule has 4 heteroatoms. The molecule has 0 aromatic carbocycles. The lowest BCUT2D eigenvalue weighted by atomic mass is 9.90. The number of aromatic carboxylic acids is 1. The van der Waals surface area contributed by atoms with Gasteiger partial charge in [0.25, 0.3) is 0 Å². The standard InChI is InChI=1S/C16H26N2O2/c1-15(2,3)10-18(7)13-9-11(14(19)20)8-12(17-13)16(4,5)6/h8-9H,10H2,1-7H3,(H,19,20). The zero-order valence-electron chi connectivity index (χ0n) is 13.6. The first-order valence-corrected chi connectivity index (χ1v) is 6.87. The predicted molar refractivity (Wildman–Crippen MR) is 82.6 cm³/mol. The second-order valence-corrected chi connectivity index (χ2v) is 7.57. The van der Waals surface area contributed by atoms with E-state index in [9.17, 15) is 9.90 Å². The molecule has 0 radical (unpaired) electrons. The minimum Gasteiger partial charge on any atom is -0.478 e. The monoisotopic (exact) mass is 278 g/mol. The highest BCUT2D eigenvalue weighted by atomic mass is 16.4. The number of carbonyl (C=O) groups is 1. The third-order valence-corrected chi connectivity index (χ3v) is 2.93. The fourth-order valence-corrected chi connectivity index (χ4v) is 2.01. The first-order chi connectivity index (χ1) is 8.90. The summed E-state index contributed by atoms with van der Waals surface area (Å²) in [5, 5.41) is 9.27. The average molecular weight is 278 g/mol. The van der Waals surface area contributed by atoms with Crippen LogP contribution in [0.1, 0.15) is 57.6 Å². The lowest BCUT2D eigenvalue weighted by Gasteiger charge is -2.29. The smallest absolute Gasteiger partial charge is 0.335 e. The highest BCUT2D eigenvalue weighted by Crippen LogP contribution is 2.26. The number of nitrogens with zero attached hydrogens (tertiary/aromatic N) is 2. The van der Waals surface area contributed by atoms with Gasteiger partial charge < -0.3 is 10.0 Å². The van der Waals surface area contributed by atoms with Crippen molar-refractivity contribution in [3.63, 3.8) is 0 Å². The molecule has 0 saturated carbocycles. The van der Waals surface area contributed by atoms with Crippen molar-refractivity contribution in [1.82, 2.24) is 4.98 Å². The molecule has 4 nitrogen and oxygen atoms in total. The Balaban J connectivity index is 3.26. The summed E-state index contributed by atoms with van der Waals surface area (Å²) < 4.78 is 0. The van der Waals surface area contributed by atoms with Crippen LogP contribution in [0, 0.1) is 5.41 Å². The first-order valence-electron chi connectivity index (χ1n) is 6.87. The number of aromatic nitrogens is 1. The van der Waals surface area contributed by atoms with Crippen LogP contribution in [-0.2, 0) is 5.41 Å². The fraction of sp³-hybridized carbons (Fsp3) is 0.625. The largest absolute Gasteiger partial charge is 0.478 e. The van der Waals surface area contributed by atoms with Gasteiger partial charge in [-0.1, -0.05) is 41.5 Å². The van der Waals surface area contributed by atoms with E-state index >= 15 is 0 Å². The third-order valence-electron chi connectivity index (χ3n) is 2.93. The molecule has 1 aromatic rings. The van der Waals surface area contributed by atoms with Crippen molar-refractivity contribution < 1.29 is 9.90 Å². The molecule has 0 aliphatic rings. The first kappa shape index (κ1) is 16.5. The maximum absolute atomic E-state index is 11.3. The Bertz CT molecular complexity index is 496. The van der Waals surface area contributed by atoms with E-state index in [4.69, 9.17) is 0 Å². The van der Waals surface area contributed by atoms with Gasteiger partial charge in [0.05, 0.1) is 5.56 Å². The van der Waals surface area contributed by atoms with Gasteiger partial charge >= 0.3 is 5.97 Å². The number of carboxylic acids is 1. The molecule has 0 aliphatic carbocycles. The highest BCUT2D eigenvalue weighted by Gasteiger charge is 2.21. The van der Waals surface area contributed by atoms with Crippen LogP contribution >= 0.6 is 0 Å². The van der Waals surface area contributed by atoms with E-state index in [0.717, 1.165) is 12.2 Å². The molecule has 0 aliphatic heterocycles. The summed E-state index contributed by atoms with van der Waals surface area (Å²) in [7, 11) is 1.95. The Morgan fingerprint density at radius 3 is 2.15 bits per heavy atom. The van der Waals surface area contributed by atoms with Crippen LogP contribution in [0.5, 0.6) is 0 Å². The maximum Gasteiger partial charge on any atom is 0.335 e. The predicted octanol–water partition coefficient (Wildman–Crippen LogP) is 3.56. The molecule has 0 amide bonds. The van der Waals surface area contributed by atoms with Gasteiger partial charge in [-0.15, -0.1) is 0 Å². The normalized spacial score (nSPS) is 12.3. The molecule has 1 heterocycles. The molecule has 20 heavy (non-hydrogen) atoms. The Hall–Kier alpha value is -1.58. The van der Waals surface area contributed by atoms with Crippen molar-refractivity contribution in [1.29, 1.82) is 0 Å². The molecule has 1 rings (SSSR count). The number of pyridine rings is 1. The topological polar surface area (TPSA) is 53.4 Å². The number of carboxylic acid groups (broad SMARTS) is 1. The molecular formula is C16H26N2O2. The van der Waals surface area contributed by atoms with Crippen LogP contribution in [-0.4, -0.2) is 29.7 Å². The van der Waals surface area contributed by atoms with Gasteiger partial charge in [0.1, 0.15) is 5.82 Å². The van der Waals surface area contributed by atoms with Crippen molar-refractivity contribution >= 4 is 11.8 Å². The van der Waals surface area contributed by atoms with Crippen LogP contribution < -0.4 is 4.90 Å². The van der Waals surface area contributed by atoms with E-state index in [-0.39, 0.29) is 10.8 Å². The van der Waals surface area contributed by atoms with Gasteiger partial charge in [0.15, 0.2) is 0 Å². The van der Waals surface area contributed by atoms with Crippen molar-refractivity contribution in [2.24, 2.45) is 5.41 Å². The molecule has 1 N–H and O–H groups in total. The molecular weight excluding hydrogens is 252 g/mol. The molecule has 112 valence electrons. The van der Waals surface area contributed by atoms with Gasteiger partial charge in [-0.2, -0.15) is 0 Å². The molecule has 0 bridgehead atoms. The summed E-state index contributed by atoms with van der Waals surface area (Å²) in [6, 6.07) is 3.31. The molecule has 0 saturated heterocycles. The van der Waals surface area contributed by atoms with Crippen molar-refractivity contribution in [2.45, 2.75) is 47.0 Å². The Morgan fingerprint density at radius 1 is 1.20 bits per heavy atom. The Kier molecular flexibility index (Phi) is 4.47. The average Bonchev–Trinajstić information content (AvgIpc) is 2.24. The summed E-state index contributed by atoms with van der Waals surface area (Å²) in [5.41, 5.74) is 1.04. The Morgan fingerprint density at radius 2 is 1.75 bits per heavy atom. The number of anilines is 1. The van der Waals surface area contributed by atoms with Gasteiger partial charge in [-0.05, 0) is 17.5 Å². The SMILES string of the molecule is CN(CC(C)(C)C)c1cc(C(=O)O)cc(C(C)(C)C)n1. The van der Waals surface area contributed by atoms with E-state index in [0.29, 0.717) is 11.4 Å².